The van der Waals surface area contributed by atoms with E-state index >= 15 is 0 Å². The lowest BCUT2D eigenvalue weighted by molar-refractivity contribution is 0.322. The fraction of sp³-hybridized carbons (Fsp3) is 0.533. The molecule has 2 aromatic rings. The highest BCUT2D eigenvalue weighted by molar-refractivity contribution is 5.39. The SMILES string of the molecule is CCOc1ccc(N2CC[C@H](Cc3cnn(C)c3)C2)nn1. The lowest BCUT2D eigenvalue weighted by atomic mass is 10.0. The summed E-state index contributed by atoms with van der Waals surface area (Å²) in [4.78, 5) is 2.30. The van der Waals surface area contributed by atoms with Gasteiger partial charge in [-0.05, 0) is 37.3 Å². The summed E-state index contributed by atoms with van der Waals surface area (Å²) in [6.07, 6.45) is 6.32. The van der Waals surface area contributed by atoms with Crippen molar-refractivity contribution in [3.05, 3.63) is 30.1 Å². The highest BCUT2D eigenvalue weighted by atomic mass is 16.5. The van der Waals surface area contributed by atoms with Crippen molar-refractivity contribution in [2.75, 3.05) is 24.6 Å². The molecule has 1 aliphatic rings. The van der Waals surface area contributed by atoms with E-state index in [0.717, 1.165) is 25.3 Å². The number of ether oxygens (including phenoxy) is 1. The van der Waals surface area contributed by atoms with Crippen LogP contribution in [0.15, 0.2) is 24.5 Å². The fourth-order valence-corrected chi connectivity index (χ4v) is 2.82. The van der Waals surface area contributed by atoms with Gasteiger partial charge in [0.15, 0.2) is 5.82 Å². The number of aromatic nitrogens is 4. The molecule has 1 aliphatic heterocycles. The molecule has 1 fully saturated rings. The summed E-state index contributed by atoms with van der Waals surface area (Å²) in [6, 6.07) is 3.88. The largest absolute Gasteiger partial charge is 0.477 e. The van der Waals surface area contributed by atoms with Crippen LogP contribution in [0.5, 0.6) is 5.88 Å². The highest BCUT2D eigenvalue weighted by Crippen LogP contribution is 2.25. The molecular weight excluding hydrogens is 266 g/mol. The first-order chi connectivity index (χ1) is 10.2. The van der Waals surface area contributed by atoms with Crippen LogP contribution in [0.1, 0.15) is 18.9 Å². The minimum absolute atomic E-state index is 0.590. The molecule has 0 N–H and O–H groups in total. The lowest BCUT2D eigenvalue weighted by Crippen LogP contribution is -2.21. The maximum atomic E-state index is 5.32. The van der Waals surface area contributed by atoms with Crippen LogP contribution in [-0.4, -0.2) is 39.7 Å². The zero-order chi connectivity index (χ0) is 14.7. The van der Waals surface area contributed by atoms with Crippen molar-refractivity contribution in [1.29, 1.82) is 0 Å². The van der Waals surface area contributed by atoms with Gasteiger partial charge >= 0.3 is 0 Å². The zero-order valence-corrected chi connectivity index (χ0v) is 12.6. The van der Waals surface area contributed by atoms with Crippen LogP contribution in [0.4, 0.5) is 5.82 Å². The first-order valence-electron chi connectivity index (χ1n) is 7.43. The van der Waals surface area contributed by atoms with E-state index in [1.54, 1.807) is 0 Å². The third-order valence-electron chi connectivity index (χ3n) is 3.81. The number of rotatable bonds is 5. The summed E-state index contributed by atoms with van der Waals surface area (Å²) in [7, 11) is 1.96. The normalized spacial score (nSPS) is 18.2. The maximum absolute atomic E-state index is 5.32. The third-order valence-corrected chi connectivity index (χ3v) is 3.81. The lowest BCUT2D eigenvalue weighted by Gasteiger charge is -2.16. The molecule has 1 saturated heterocycles. The topological polar surface area (TPSA) is 56.1 Å². The fourth-order valence-electron chi connectivity index (χ4n) is 2.82. The monoisotopic (exact) mass is 287 g/mol. The average Bonchev–Trinajstić information content (AvgIpc) is 3.10. The Bertz CT molecular complexity index is 580. The molecule has 0 saturated carbocycles. The number of aryl methyl sites for hydroxylation is 1. The number of nitrogens with zero attached hydrogens (tertiary/aromatic N) is 5. The summed E-state index contributed by atoms with van der Waals surface area (Å²) < 4.78 is 7.19. The van der Waals surface area contributed by atoms with E-state index in [1.807, 2.05) is 37.0 Å². The minimum atomic E-state index is 0.590. The molecular formula is C15H21N5O. The summed E-state index contributed by atoms with van der Waals surface area (Å²) in [6.45, 7) is 4.62. The molecule has 3 heterocycles. The van der Waals surface area contributed by atoms with E-state index in [4.69, 9.17) is 4.74 Å². The van der Waals surface area contributed by atoms with E-state index in [-0.39, 0.29) is 0 Å². The summed E-state index contributed by atoms with van der Waals surface area (Å²) >= 11 is 0. The van der Waals surface area contributed by atoms with Gasteiger partial charge in [0.2, 0.25) is 5.88 Å². The van der Waals surface area contributed by atoms with E-state index in [1.165, 1.54) is 12.0 Å². The van der Waals surface area contributed by atoms with Crippen molar-refractivity contribution in [3.8, 4) is 5.88 Å². The van der Waals surface area contributed by atoms with Gasteiger partial charge < -0.3 is 9.64 Å². The van der Waals surface area contributed by atoms with Crippen molar-refractivity contribution in [2.45, 2.75) is 19.8 Å². The quantitative estimate of drug-likeness (QED) is 0.837. The molecule has 21 heavy (non-hydrogen) atoms. The van der Waals surface area contributed by atoms with Crippen molar-refractivity contribution < 1.29 is 4.74 Å². The molecule has 6 heteroatoms. The van der Waals surface area contributed by atoms with Crippen molar-refractivity contribution in [2.24, 2.45) is 13.0 Å². The Balaban J connectivity index is 1.58. The van der Waals surface area contributed by atoms with Gasteiger partial charge in [0.1, 0.15) is 0 Å². The molecule has 0 unspecified atom stereocenters. The van der Waals surface area contributed by atoms with E-state index < -0.39 is 0 Å². The number of hydrogen-bond acceptors (Lipinski definition) is 5. The number of hydrogen-bond donors (Lipinski definition) is 0. The zero-order valence-electron chi connectivity index (χ0n) is 12.6. The minimum Gasteiger partial charge on any atom is -0.477 e. The standard InChI is InChI=1S/C15H21N5O/c1-3-21-15-5-4-14(17-18-15)20-7-6-12(11-20)8-13-9-16-19(2)10-13/h4-5,9-10,12H,3,6-8,11H2,1-2H3/t12-/m1/s1. The van der Waals surface area contributed by atoms with Crippen LogP contribution in [0.2, 0.25) is 0 Å². The molecule has 3 rings (SSSR count). The summed E-state index contributed by atoms with van der Waals surface area (Å²) in [5.41, 5.74) is 1.31. The smallest absolute Gasteiger partial charge is 0.233 e. The van der Waals surface area contributed by atoms with Crippen molar-refractivity contribution in [3.63, 3.8) is 0 Å². The molecule has 0 bridgehead atoms. The third kappa shape index (κ3) is 3.32. The Kier molecular flexibility index (Phi) is 4.03. The van der Waals surface area contributed by atoms with Gasteiger partial charge in [-0.2, -0.15) is 5.10 Å². The van der Waals surface area contributed by atoms with Crippen LogP contribution in [-0.2, 0) is 13.5 Å². The van der Waals surface area contributed by atoms with Crippen LogP contribution >= 0.6 is 0 Å². The molecule has 0 radical (unpaired) electrons. The van der Waals surface area contributed by atoms with Crippen LogP contribution in [0.3, 0.4) is 0 Å². The van der Waals surface area contributed by atoms with Crippen molar-refractivity contribution >= 4 is 5.82 Å². The molecule has 0 spiro atoms. The van der Waals surface area contributed by atoms with Crippen LogP contribution < -0.4 is 9.64 Å². The van der Waals surface area contributed by atoms with Crippen LogP contribution in [0.25, 0.3) is 0 Å². The highest BCUT2D eigenvalue weighted by Gasteiger charge is 2.24. The molecule has 112 valence electrons. The van der Waals surface area contributed by atoms with E-state index in [9.17, 15) is 0 Å². The van der Waals surface area contributed by atoms with Gasteiger partial charge in [-0.15, -0.1) is 10.2 Å². The van der Waals surface area contributed by atoms with Gasteiger partial charge in [0.25, 0.3) is 0 Å². The summed E-state index contributed by atoms with van der Waals surface area (Å²) in [5.74, 6) is 2.18. The Hall–Kier alpha value is -2.11. The van der Waals surface area contributed by atoms with E-state index in [0.29, 0.717) is 18.4 Å². The average molecular weight is 287 g/mol. The summed E-state index contributed by atoms with van der Waals surface area (Å²) in [5, 5.41) is 12.6. The molecule has 0 aromatic carbocycles. The van der Waals surface area contributed by atoms with Gasteiger partial charge in [0, 0.05) is 32.4 Å². The van der Waals surface area contributed by atoms with Gasteiger partial charge in [-0.1, -0.05) is 0 Å². The van der Waals surface area contributed by atoms with E-state index in [2.05, 4.69) is 26.4 Å². The molecule has 6 nitrogen and oxygen atoms in total. The predicted octanol–water partition coefficient (Wildman–Crippen LogP) is 1.68. The molecule has 1 atom stereocenters. The second-order valence-corrected chi connectivity index (χ2v) is 5.49. The Morgan fingerprint density at radius 3 is 2.90 bits per heavy atom. The van der Waals surface area contributed by atoms with Gasteiger partial charge in [-0.3, -0.25) is 4.68 Å². The van der Waals surface area contributed by atoms with Gasteiger partial charge in [0.05, 0.1) is 12.8 Å². The first-order valence-corrected chi connectivity index (χ1v) is 7.43. The Labute approximate surface area is 124 Å². The van der Waals surface area contributed by atoms with Gasteiger partial charge in [-0.25, -0.2) is 0 Å². The maximum Gasteiger partial charge on any atom is 0.233 e. The molecule has 0 aliphatic carbocycles. The molecule has 0 amide bonds. The molecule has 2 aromatic heterocycles. The Morgan fingerprint density at radius 2 is 2.24 bits per heavy atom. The number of anilines is 1. The second-order valence-electron chi connectivity index (χ2n) is 5.49. The second kappa shape index (κ2) is 6.11. The Morgan fingerprint density at radius 1 is 1.33 bits per heavy atom. The first kappa shape index (κ1) is 13.9. The van der Waals surface area contributed by atoms with Crippen LogP contribution in [0, 0.1) is 5.92 Å². The van der Waals surface area contributed by atoms with Crippen molar-refractivity contribution in [1.82, 2.24) is 20.0 Å². The predicted molar refractivity (Wildman–Crippen MR) is 80.4 cm³/mol.